The highest BCUT2D eigenvalue weighted by Gasteiger charge is 2.10. The maximum atomic E-state index is 12.0. The first-order valence-corrected chi connectivity index (χ1v) is 8.02. The molecule has 0 unspecified atom stereocenters. The summed E-state index contributed by atoms with van der Waals surface area (Å²) in [6.07, 6.45) is 1.67. The van der Waals surface area contributed by atoms with Crippen molar-refractivity contribution in [3.8, 4) is 0 Å². The van der Waals surface area contributed by atoms with Crippen LogP contribution in [0.5, 0.6) is 0 Å². The molecule has 0 aliphatic carbocycles. The van der Waals surface area contributed by atoms with Crippen molar-refractivity contribution in [2.75, 3.05) is 0 Å². The lowest BCUT2D eigenvalue weighted by Gasteiger charge is -2.11. The zero-order valence-electron chi connectivity index (χ0n) is 13.9. The highest BCUT2D eigenvalue weighted by atomic mass is 35.5. The third-order valence-electron chi connectivity index (χ3n) is 3.65. The van der Waals surface area contributed by atoms with Gasteiger partial charge in [0.15, 0.2) is 0 Å². The van der Waals surface area contributed by atoms with Crippen LogP contribution in [0, 0.1) is 19.8 Å². The minimum atomic E-state index is -0.317. The monoisotopic (exact) mass is 331 g/mol. The van der Waals surface area contributed by atoms with E-state index in [4.69, 9.17) is 11.6 Å². The Kier molecular flexibility index (Phi) is 5.61. The number of hydrogen-bond acceptors (Lipinski definition) is 2. The van der Waals surface area contributed by atoms with Crippen LogP contribution in [0.1, 0.15) is 41.2 Å². The first kappa shape index (κ1) is 17.3. The number of rotatable bonds is 5. The number of halogens is 1. The van der Waals surface area contributed by atoms with Gasteiger partial charge in [0.2, 0.25) is 0 Å². The molecule has 0 aliphatic heterocycles. The lowest BCUT2D eigenvalue weighted by molar-refractivity contribution is 0.0955. The molecule has 1 amide bonds. The SMILES string of the molecule is Cc1cc(/C=N/NC(=O)c2ccccc2Cl)c(C)n1CC(C)C. The quantitative estimate of drug-likeness (QED) is 0.648. The zero-order chi connectivity index (χ0) is 17.0. The van der Waals surface area contributed by atoms with Gasteiger partial charge in [-0.25, -0.2) is 5.43 Å². The summed E-state index contributed by atoms with van der Waals surface area (Å²) in [7, 11) is 0. The molecule has 122 valence electrons. The minimum Gasteiger partial charge on any atom is -0.348 e. The van der Waals surface area contributed by atoms with Gasteiger partial charge < -0.3 is 4.57 Å². The van der Waals surface area contributed by atoms with Crippen molar-refractivity contribution in [3.63, 3.8) is 0 Å². The normalized spacial score (nSPS) is 11.4. The van der Waals surface area contributed by atoms with E-state index in [1.807, 2.05) is 0 Å². The third-order valence-corrected chi connectivity index (χ3v) is 3.98. The molecule has 4 nitrogen and oxygen atoms in total. The van der Waals surface area contributed by atoms with E-state index in [-0.39, 0.29) is 5.91 Å². The van der Waals surface area contributed by atoms with Gasteiger partial charge >= 0.3 is 0 Å². The second-order valence-electron chi connectivity index (χ2n) is 6.01. The van der Waals surface area contributed by atoms with E-state index in [0.29, 0.717) is 16.5 Å². The number of nitrogens with zero attached hydrogens (tertiary/aromatic N) is 2. The molecule has 0 saturated heterocycles. The van der Waals surface area contributed by atoms with Gasteiger partial charge in [0.25, 0.3) is 5.91 Å². The predicted molar refractivity (Wildman–Crippen MR) is 95.3 cm³/mol. The number of carbonyl (C=O) groups is 1. The standard InChI is InChI=1S/C18H22ClN3O/c1-12(2)11-22-13(3)9-15(14(22)4)10-20-21-18(23)16-7-5-6-8-17(16)19/h5-10,12H,11H2,1-4H3,(H,21,23)/b20-10+. The lowest BCUT2D eigenvalue weighted by Crippen LogP contribution is -2.18. The van der Waals surface area contributed by atoms with Crippen LogP contribution >= 0.6 is 11.6 Å². The zero-order valence-corrected chi connectivity index (χ0v) is 14.7. The molecule has 23 heavy (non-hydrogen) atoms. The molecule has 1 aromatic carbocycles. The van der Waals surface area contributed by atoms with E-state index in [1.165, 1.54) is 5.69 Å². The fraction of sp³-hybridized carbons (Fsp3) is 0.333. The summed E-state index contributed by atoms with van der Waals surface area (Å²) in [6.45, 7) is 9.49. The Morgan fingerprint density at radius 1 is 1.35 bits per heavy atom. The highest BCUT2D eigenvalue weighted by molar-refractivity contribution is 6.33. The smallest absolute Gasteiger partial charge is 0.272 e. The van der Waals surface area contributed by atoms with E-state index in [0.717, 1.165) is 17.8 Å². The summed E-state index contributed by atoms with van der Waals surface area (Å²) >= 11 is 6.00. The summed E-state index contributed by atoms with van der Waals surface area (Å²) in [5, 5.41) is 4.47. The molecular formula is C18H22ClN3O. The van der Waals surface area contributed by atoms with E-state index in [2.05, 4.69) is 48.9 Å². The molecule has 2 aromatic rings. The van der Waals surface area contributed by atoms with E-state index >= 15 is 0 Å². The molecule has 1 aromatic heterocycles. The molecule has 2 rings (SSSR count). The van der Waals surface area contributed by atoms with Crippen LogP contribution in [-0.2, 0) is 6.54 Å². The van der Waals surface area contributed by atoms with E-state index in [1.54, 1.807) is 30.5 Å². The molecule has 0 aliphatic rings. The fourth-order valence-corrected chi connectivity index (χ4v) is 2.69. The molecule has 0 spiro atoms. The Hall–Kier alpha value is -2.07. The van der Waals surface area contributed by atoms with Gasteiger partial charge in [0.1, 0.15) is 0 Å². The van der Waals surface area contributed by atoms with Gasteiger partial charge in [0, 0.05) is 23.5 Å². The Morgan fingerprint density at radius 2 is 2.04 bits per heavy atom. The summed E-state index contributed by atoms with van der Waals surface area (Å²) < 4.78 is 2.27. The minimum absolute atomic E-state index is 0.317. The highest BCUT2D eigenvalue weighted by Crippen LogP contribution is 2.16. The largest absolute Gasteiger partial charge is 0.348 e. The van der Waals surface area contributed by atoms with E-state index in [9.17, 15) is 4.79 Å². The van der Waals surface area contributed by atoms with Crippen LogP contribution in [0.3, 0.4) is 0 Å². The molecule has 1 heterocycles. The van der Waals surface area contributed by atoms with Crippen LogP contribution in [-0.4, -0.2) is 16.7 Å². The van der Waals surface area contributed by atoms with Crippen molar-refractivity contribution in [3.05, 3.63) is 57.9 Å². The van der Waals surface area contributed by atoms with E-state index < -0.39 is 0 Å². The second kappa shape index (κ2) is 7.47. The molecular weight excluding hydrogens is 310 g/mol. The predicted octanol–water partition coefficient (Wildman–Crippen LogP) is 4.18. The number of carbonyl (C=O) groups excluding carboxylic acids is 1. The van der Waals surface area contributed by atoms with Gasteiger partial charge in [-0.1, -0.05) is 37.6 Å². The van der Waals surface area contributed by atoms with Crippen molar-refractivity contribution >= 4 is 23.7 Å². The van der Waals surface area contributed by atoms with Gasteiger partial charge in [0.05, 0.1) is 16.8 Å². The number of amides is 1. The first-order chi connectivity index (χ1) is 10.9. The Balaban J connectivity index is 2.09. The van der Waals surface area contributed by atoms with Crippen molar-refractivity contribution in [1.82, 2.24) is 9.99 Å². The molecule has 0 atom stereocenters. The average Bonchev–Trinajstić information content (AvgIpc) is 2.75. The topological polar surface area (TPSA) is 46.4 Å². The van der Waals surface area contributed by atoms with Gasteiger partial charge in [-0.15, -0.1) is 0 Å². The molecule has 0 bridgehead atoms. The molecule has 1 N–H and O–H groups in total. The van der Waals surface area contributed by atoms with Crippen molar-refractivity contribution in [2.24, 2.45) is 11.0 Å². The van der Waals surface area contributed by atoms with Crippen molar-refractivity contribution in [2.45, 2.75) is 34.2 Å². The number of aryl methyl sites for hydroxylation is 1. The third kappa shape index (κ3) is 4.23. The van der Waals surface area contributed by atoms with Gasteiger partial charge in [-0.3, -0.25) is 4.79 Å². The lowest BCUT2D eigenvalue weighted by atomic mass is 10.2. The Morgan fingerprint density at radius 3 is 2.70 bits per heavy atom. The average molecular weight is 332 g/mol. The van der Waals surface area contributed by atoms with Crippen molar-refractivity contribution in [1.29, 1.82) is 0 Å². The molecule has 0 saturated carbocycles. The van der Waals surface area contributed by atoms with Crippen LogP contribution in [0.4, 0.5) is 0 Å². The van der Waals surface area contributed by atoms with Crippen LogP contribution < -0.4 is 5.43 Å². The first-order valence-electron chi connectivity index (χ1n) is 7.64. The van der Waals surface area contributed by atoms with Crippen LogP contribution in [0.25, 0.3) is 0 Å². The van der Waals surface area contributed by atoms with Gasteiger partial charge in [-0.2, -0.15) is 5.10 Å². The van der Waals surface area contributed by atoms with Gasteiger partial charge in [-0.05, 0) is 38.0 Å². The fourth-order valence-electron chi connectivity index (χ4n) is 2.47. The molecule has 5 heteroatoms. The summed E-state index contributed by atoms with van der Waals surface area (Å²) in [6, 6.07) is 8.97. The summed E-state index contributed by atoms with van der Waals surface area (Å²) in [5.74, 6) is 0.257. The maximum Gasteiger partial charge on any atom is 0.272 e. The molecule has 0 radical (unpaired) electrons. The molecule has 0 fully saturated rings. The Bertz CT molecular complexity index is 732. The van der Waals surface area contributed by atoms with Crippen molar-refractivity contribution < 1.29 is 4.79 Å². The number of aromatic nitrogens is 1. The maximum absolute atomic E-state index is 12.0. The number of benzene rings is 1. The second-order valence-corrected chi connectivity index (χ2v) is 6.42. The summed E-state index contributed by atoms with van der Waals surface area (Å²) in [4.78, 5) is 12.0. The number of hydrazone groups is 1. The number of nitrogens with one attached hydrogen (secondary N) is 1. The summed E-state index contributed by atoms with van der Waals surface area (Å²) in [5.41, 5.74) is 6.27. The Labute approximate surface area is 142 Å². The van der Waals surface area contributed by atoms with Crippen LogP contribution in [0.15, 0.2) is 35.4 Å². The van der Waals surface area contributed by atoms with Crippen LogP contribution in [0.2, 0.25) is 5.02 Å². The number of hydrogen-bond donors (Lipinski definition) is 1.